The number of methoxy groups -OCH3 is 1. The van der Waals surface area contributed by atoms with Crippen molar-refractivity contribution in [3.05, 3.63) is 72.1 Å². The van der Waals surface area contributed by atoms with Gasteiger partial charge in [-0.25, -0.2) is 4.52 Å². The number of carbonyl (C=O) groups is 1. The fourth-order valence-corrected chi connectivity index (χ4v) is 4.41. The first kappa shape index (κ1) is 21.0. The summed E-state index contributed by atoms with van der Waals surface area (Å²) in [4.78, 5) is 17.5. The molecule has 5 aromatic rings. The van der Waals surface area contributed by atoms with E-state index < -0.39 is 0 Å². The molecule has 0 radical (unpaired) electrons. The second-order valence-corrected chi connectivity index (χ2v) is 8.33. The van der Waals surface area contributed by atoms with E-state index >= 15 is 0 Å². The van der Waals surface area contributed by atoms with Gasteiger partial charge in [0, 0.05) is 17.4 Å². The summed E-state index contributed by atoms with van der Waals surface area (Å²) >= 11 is 1.47. The van der Waals surface area contributed by atoms with Crippen molar-refractivity contribution in [3.63, 3.8) is 0 Å². The van der Waals surface area contributed by atoms with Crippen LogP contribution in [0.5, 0.6) is 11.5 Å². The number of amides is 1. The second-order valence-electron chi connectivity index (χ2n) is 7.49. The summed E-state index contributed by atoms with van der Waals surface area (Å²) in [7, 11) is 1.64. The van der Waals surface area contributed by atoms with Crippen LogP contribution in [-0.4, -0.2) is 34.2 Å². The van der Waals surface area contributed by atoms with E-state index in [9.17, 15) is 4.79 Å². The molecule has 0 saturated carbocycles. The molecule has 0 fully saturated rings. The molecule has 0 saturated heterocycles. The van der Waals surface area contributed by atoms with Crippen LogP contribution in [0.4, 0.5) is 5.95 Å². The lowest BCUT2D eigenvalue weighted by Gasteiger charge is -2.07. The number of hydrogen-bond donors (Lipinski definition) is 1. The van der Waals surface area contributed by atoms with E-state index in [-0.39, 0.29) is 5.91 Å². The van der Waals surface area contributed by atoms with Crippen molar-refractivity contribution >= 4 is 38.9 Å². The molecular weight excluding hydrogens is 436 g/mol. The molecule has 0 spiro atoms. The SMILES string of the molecule is COc1cccc(-c2csc3nc(NC(=O)CCCOc4ccc5ccccc5c4)nn23)c1. The molecule has 0 aliphatic rings. The van der Waals surface area contributed by atoms with Crippen molar-refractivity contribution in [1.29, 1.82) is 0 Å². The van der Waals surface area contributed by atoms with Crippen LogP contribution < -0.4 is 14.8 Å². The predicted molar refractivity (Wildman–Crippen MR) is 130 cm³/mol. The number of fused-ring (bicyclic) bond motifs is 2. The Labute approximate surface area is 194 Å². The molecule has 1 N–H and O–H groups in total. The van der Waals surface area contributed by atoms with Gasteiger partial charge in [0.2, 0.25) is 16.8 Å². The normalized spacial score (nSPS) is 11.1. The van der Waals surface area contributed by atoms with Gasteiger partial charge in [-0.2, -0.15) is 4.98 Å². The van der Waals surface area contributed by atoms with E-state index in [1.165, 1.54) is 16.7 Å². The van der Waals surface area contributed by atoms with Crippen molar-refractivity contribution in [2.45, 2.75) is 12.8 Å². The fourth-order valence-electron chi connectivity index (χ4n) is 3.58. The quantitative estimate of drug-likeness (QED) is 0.314. The van der Waals surface area contributed by atoms with Gasteiger partial charge >= 0.3 is 0 Å². The number of nitrogens with one attached hydrogen (secondary N) is 1. The summed E-state index contributed by atoms with van der Waals surface area (Å²) in [5.74, 6) is 1.73. The Morgan fingerprint density at radius 3 is 2.79 bits per heavy atom. The van der Waals surface area contributed by atoms with Crippen LogP contribution in [-0.2, 0) is 4.79 Å². The third-order valence-corrected chi connectivity index (χ3v) is 6.05. The van der Waals surface area contributed by atoms with E-state index in [4.69, 9.17) is 9.47 Å². The average Bonchev–Trinajstić information content (AvgIpc) is 3.42. The number of carbonyl (C=O) groups excluding carboxylic acids is 1. The minimum Gasteiger partial charge on any atom is -0.497 e. The first-order valence-corrected chi connectivity index (χ1v) is 11.5. The van der Waals surface area contributed by atoms with E-state index in [0.29, 0.717) is 30.4 Å². The second kappa shape index (κ2) is 9.30. The van der Waals surface area contributed by atoms with Gasteiger partial charge in [0.05, 0.1) is 19.4 Å². The molecule has 2 aromatic heterocycles. The van der Waals surface area contributed by atoms with Crippen LogP contribution in [0.1, 0.15) is 12.8 Å². The molecule has 5 rings (SSSR count). The van der Waals surface area contributed by atoms with E-state index in [2.05, 4.69) is 27.5 Å². The Bertz CT molecular complexity index is 1430. The number of ether oxygens (including phenoxy) is 2. The monoisotopic (exact) mass is 458 g/mol. The van der Waals surface area contributed by atoms with Crippen molar-refractivity contribution in [1.82, 2.24) is 14.6 Å². The lowest BCUT2D eigenvalue weighted by atomic mass is 10.1. The first-order valence-electron chi connectivity index (χ1n) is 10.6. The highest BCUT2D eigenvalue weighted by molar-refractivity contribution is 7.15. The van der Waals surface area contributed by atoms with E-state index in [0.717, 1.165) is 28.1 Å². The Hall–Kier alpha value is -3.91. The van der Waals surface area contributed by atoms with Crippen LogP contribution in [0.25, 0.3) is 27.0 Å². The average molecular weight is 459 g/mol. The van der Waals surface area contributed by atoms with Gasteiger partial charge in [0.25, 0.3) is 0 Å². The highest BCUT2D eigenvalue weighted by Crippen LogP contribution is 2.28. The smallest absolute Gasteiger partial charge is 0.250 e. The van der Waals surface area contributed by atoms with Crippen LogP contribution in [0.15, 0.2) is 72.1 Å². The molecule has 0 atom stereocenters. The standard InChI is InChI=1S/C25H22N4O3S/c1-31-20-9-4-8-19(15-20)22-16-33-25-27-24(28-29(22)25)26-23(30)10-5-13-32-21-12-11-17-6-2-3-7-18(17)14-21/h2-4,6-9,11-12,14-16H,5,10,13H2,1H3,(H,26,28,30). The van der Waals surface area contributed by atoms with Gasteiger partial charge in [0.15, 0.2) is 0 Å². The zero-order valence-corrected chi connectivity index (χ0v) is 18.8. The molecule has 0 bridgehead atoms. The number of thiazole rings is 1. The van der Waals surface area contributed by atoms with Crippen LogP contribution >= 0.6 is 11.3 Å². The molecule has 2 heterocycles. The Kier molecular flexibility index (Phi) is 5.91. The summed E-state index contributed by atoms with van der Waals surface area (Å²) in [6, 6.07) is 21.9. The largest absolute Gasteiger partial charge is 0.497 e. The molecule has 0 aliphatic heterocycles. The first-order chi connectivity index (χ1) is 16.2. The van der Waals surface area contributed by atoms with Crippen molar-refractivity contribution in [3.8, 4) is 22.8 Å². The van der Waals surface area contributed by atoms with Gasteiger partial charge in [-0.3, -0.25) is 10.1 Å². The summed E-state index contributed by atoms with van der Waals surface area (Å²) < 4.78 is 12.9. The van der Waals surface area contributed by atoms with Crippen LogP contribution in [0, 0.1) is 0 Å². The van der Waals surface area contributed by atoms with E-state index in [1.807, 2.05) is 60.0 Å². The third-order valence-electron chi connectivity index (χ3n) is 5.24. The summed E-state index contributed by atoms with van der Waals surface area (Å²) in [5.41, 5.74) is 1.86. The topological polar surface area (TPSA) is 77.8 Å². The number of hydrogen-bond acceptors (Lipinski definition) is 6. The summed E-state index contributed by atoms with van der Waals surface area (Å²) in [6.07, 6.45) is 0.916. The number of benzene rings is 3. The number of rotatable bonds is 8. The Balaban J connectivity index is 1.16. The van der Waals surface area contributed by atoms with Gasteiger partial charge in [0.1, 0.15) is 11.5 Å². The van der Waals surface area contributed by atoms with Crippen LogP contribution in [0.3, 0.4) is 0 Å². The zero-order chi connectivity index (χ0) is 22.6. The van der Waals surface area contributed by atoms with Gasteiger partial charge in [-0.05, 0) is 41.5 Å². The van der Waals surface area contributed by atoms with Crippen molar-refractivity contribution in [2.75, 3.05) is 19.0 Å². The zero-order valence-electron chi connectivity index (χ0n) is 18.0. The summed E-state index contributed by atoms with van der Waals surface area (Å²) in [6.45, 7) is 0.456. The number of nitrogens with zero attached hydrogens (tertiary/aromatic N) is 3. The Morgan fingerprint density at radius 1 is 1.03 bits per heavy atom. The molecule has 8 heteroatoms. The minimum atomic E-state index is -0.140. The van der Waals surface area contributed by atoms with Gasteiger partial charge < -0.3 is 9.47 Å². The molecule has 1 amide bonds. The maximum absolute atomic E-state index is 12.4. The maximum atomic E-state index is 12.4. The van der Waals surface area contributed by atoms with Crippen molar-refractivity contribution < 1.29 is 14.3 Å². The molecule has 3 aromatic carbocycles. The molecular formula is C25H22N4O3S. The molecule has 7 nitrogen and oxygen atoms in total. The lowest BCUT2D eigenvalue weighted by molar-refractivity contribution is -0.116. The molecule has 33 heavy (non-hydrogen) atoms. The predicted octanol–water partition coefficient (Wildman–Crippen LogP) is 5.42. The molecule has 166 valence electrons. The highest BCUT2D eigenvalue weighted by atomic mass is 32.1. The Morgan fingerprint density at radius 2 is 1.91 bits per heavy atom. The van der Waals surface area contributed by atoms with Gasteiger partial charge in [-0.15, -0.1) is 16.4 Å². The molecule has 0 aliphatic carbocycles. The highest BCUT2D eigenvalue weighted by Gasteiger charge is 2.14. The minimum absolute atomic E-state index is 0.140. The molecule has 0 unspecified atom stereocenters. The van der Waals surface area contributed by atoms with E-state index in [1.54, 1.807) is 11.6 Å². The lowest BCUT2D eigenvalue weighted by Crippen LogP contribution is -2.14. The van der Waals surface area contributed by atoms with Crippen molar-refractivity contribution in [2.24, 2.45) is 0 Å². The maximum Gasteiger partial charge on any atom is 0.250 e. The number of anilines is 1. The third kappa shape index (κ3) is 4.65. The summed E-state index contributed by atoms with van der Waals surface area (Å²) in [5, 5.41) is 11.5. The van der Waals surface area contributed by atoms with Gasteiger partial charge in [-0.1, -0.05) is 42.5 Å². The fraction of sp³-hybridized carbons (Fsp3) is 0.160. The number of aromatic nitrogens is 3. The van der Waals surface area contributed by atoms with Crippen LogP contribution in [0.2, 0.25) is 0 Å².